The molecule has 19 heavy (non-hydrogen) atoms. The molecule has 3 N–H and O–H groups in total. The van der Waals surface area contributed by atoms with Gasteiger partial charge in [-0.15, -0.1) is 0 Å². The zero-order valence-electron chi connectivity index (χ0n) is 12.7. The van der Waals surface area contributed by atoms with Gasteiger partial charge in [0, 0.05) is 18.5 Å². The van der Waals surface area contributed by atoms with Crippen molar-refractivity contribution in [2.45, 2.75) is 65.3 Å². The minimum absolute atomic E-state index is 0.228. The highest BCUT2D eigenvalue weighted by Gasteiger charge is 2.35. The van der Waals surface area contributed by atoms with Crippen molar-refractivity contribution in [1.82, 2.24) is 5.32 Å². The molecule has 3 heteroatoms. The fraction of sp³-hybridized carbons (Fsp3) is 0.938. The van der Waals surface area contributed by atoms with Gasteiger partial charge in [0.15, 0.2) is 0 Å². The van der Waals surface area contributed by atoms with Crippen LogP contribution in [-0.2, 0) is 4.79 Å². The third-order valence-corrected chi connectivity index (χ3v) is 5.10. The van der Waals surface area contributed by atoms with Gasteiger partial charge in [-0.1, -0.05) is 20.8 Å². The van der Waals surface area contributed by atoms with Crippen LogP contribution < -0.4 is 11.1 Å². The van der Waals surface area contributed by atoms with Crippen LogP contribution >= 0.6 is 0 Å². The van der Waals surface area contributed by atoms with Crippen LogP contribution in [0.5, 0.6) is 0 Å². The second-order valence-corrected chi connectivity index (χ2v) is 7.60. The molecule has 3 nitrogen and oxygen atoms in total. The van der Waals surface area contributed by atoms with Crippen molar-refractivity contribution in [1.29, 1.82) is 0 Å². The lowest BCUT2D eigenvalue weighted by Crippen LogP contribution is -2.45. The molecule has 0 bridgehead atoms. The number of hydrogen-bond donors (Lipinski definition) is 2. The summed E-state index contributed by atoms with van der Waals surface area (Å²) in [5.74, 6) is 1.91. The van der Waals surface area contributed by atoms with Gasteiger partial charge in [0.2, 0.25) is 5.91 Å². The van der Waals surface area contributed by atoms with Crippen LogP contribution in [0.15, 0.2) is 0 Å². The summed E-state index contributed by atoms with van der Waals surface area (Å²) in [5.41, 5.74) is 6.14. The number of rotatable bonds is 4. The zero-order chi connectivity index (χ0) is 14.0. The lowest BCUT2D eigenvalue weighted by Gasteiger charge is -2.36. The van der Waals surface area contributed by atoms with Gasteiger partial charge >= 0.3 is 0 Å². The predicted molar refractivity (Wildman–Crippen MR) is 78.6 cm³/mol. The highest BCUT2D eigenvalue weighted by Crippen LogP contribution is 2.40. The van der Waals surface area contributed by atoms with Crippen molar-refractivity contribution in [2.75, 3.05) is 6.54 Å². The van der Waals surface area contributed by atoms with Gasteiger partial charge in [-0.25, -0.2) is 0 Å². The zero-order valence-corrected chi connectivity index (χ0v) is 12.7. The molecule has 2 saturated carbocycles. The van der Waals surface area contributed by atoms with Gasteiger partial charge in [0.1, 0.15) is 0 Å². The summed E-state index contributed by atoms with van der Waals surface area (Å²) in [7, 11) is 0. The van der Waals surface area contributed by atoms with Crippen LogP contribution in [0.1, 0.15) is 59.3 Å². The summed E-state index contributed by atoms with van der Waals surface area (Å²) in [6.07, 6.45) is 6.96. The Morgan fingerprint density at radius 3 is 2.16 bits per heavy atom. The highest BCUT2D eigenvalue weighted by atomic mass is 16.1. The smallest absolute Gasteiger partial charge is 0.223 e. The van der Waals surface area contributed by atoms with E-state index in [1.54, 1.807) is 0 Å². The van der Waals surface area contributed by atoms with Crippen molar-refractivity contribution < 1.29 is 4.79 Å². The maximum Gasteiger partial charge on any atom is 0.223 e. The quantitative estimate of drug-likeness (QED) is 0.822. The lowest BCUT2D eigenvalue weighted by atomic mass is 9.69. The summed E-state index contributed by atoms with van der Waals surface area (Å²) in [6.45, 7) is 7.54. The summed E-state index contributed by atoms with van der Waals surface area (Å²) in [5, 5.41) is 3.19. The maximum atomic E-state index is 12.3. The Morgan fingerprint density at radius 1 is 1.16 bits per heavy atom. The van der Waals surface area contributed by atoms with Crippen molar-refractivity contribution in [2.24, 2.45) is 28.9 Å². The average Bonchev–Trinajstić information content (AvgIpc) is 3.19. The molecule has 2 aliphatic rings. The van der Waals surface area contributed by atoms with Crippen LogP contribution in [0.3, 0.4) is 0 Å². The van der Waals surface area contributed by atoms with Gasteiger partial charge in [-0.2, -0.15) is 0 Å². The first-order valence-corrected chi connectivity index (χ1v) is 7.92. The van der Waals surface area contributed by atoms with Gasteiger partial charge in [0.05, 0.1) is 0 Å². The first kappa shape index (κ1) is 14.8. The Labute approximate surface area is 117 Å². The van der Waals surface area contributed by atoms with Crippen molar-refractivity contribution >= 4 is 5.91 Å². The van der Waals surface area contributed by atoms with E-state index in [0.717, 1.165) is 18.8 Å². The van der Waals surface area contributed by atoms with Crippen LogP contribution in [0.4, 0.5) is 0 Å². The normalized spacial score (nSPS) is 29.9. The molecule has 0 saturated heterocycles. The van der Waals surface area contributed by atoms with Gasteiger partial charge in [-0.3, -0.25) is 4.79 Å². The van der Waals surface area contributed by atoms with Crippen molar-refractivity contribution in [3.05, 3.63) is 0 Å². The summed E-state index contributed by atoms with van der Waals surface area (Å²) < 4.78 is 0. The fourth-order valence-electron chi connectivity index (χ4n) is 3.39. The van der Waals surface area contributed by atoms with Crippen molar-refractivity contribution in [3.8, 4) is 0 Å². The lowest BCUT2D eigenvalue weighted by molar-refractivity contribution is -0.127. The number of carbonyl (C=O) groups excluding carboxylic acids is 1. The fourth-order valence-corrected chi connectivity index (χ4v) is 3.39. The van der Waals surface area contributed by atoms with Crippen LogP contribution in [0.2, 0.25) is 0 Å². The SMILES string of the molecule is CC(C)(C)C1CCC(C(=O)NC(CN)C2CC2)CC1. The molecule has 2 rings (SSSR count). The average molecular weight is 266 g/mol. The summed E-state index contributed by atoms with van der Waals surface area (Å²) in [6, 6.07) is 0.229. The molecule has 2 aliphatic carbocycles. The van der Waals surface area contributed by atoms with Gasteiger partial charge in [-0.05, 0) is 55.8 Å². The molecular formula is C16H30N2O. The minimum atomic E-state index is 0.228. The van der Waals surface area contributed by atoms with E-state index in [-0.39, 0.29) is 17.9 Å². The number of amides is 1. The monoisotopic (exact) mass is 266 g/mol. The Kier molecular flexibility index (Phi) is 4.54. The van der Waals surface area contributed by atoms with E-state index < -0.39 is 0 Å². The van der Waals surface area contributed by atoms with Gasteiger partial charge in [0.25, 0.3) is 0 Å². The molecule has 0 aromatic rings. The van der Waals surface area contributed by atoms with Crippen LogP contribution in [-0.4, -0.2) is 18.5 Å². The topological polar surface area (TPSA) is 55.1 Å². The molecule has 0 radical (unpaired) electrons. The molecule has 110 valence electrons. The molecule has 0 aromatic heterocycles. The van der Waals surface area contributed by atoms with Crippen molar-refractivity contribution in [3.63, 3.8) is 0 Å². The molecule has 1 unspecified atom stereocenters. The number of carbonyl (C=O) groups is 1. The molecule has 0 aromatic carbocycles. The highest BCUT2D eigenvalue weighted by molar-refractivity contribution is 5.79. The largest absolute Gasteiger partial charge is 0.352 e. The number of nitrogens with one attached hydrogen (secondary N) is 1. The molecular weight excluding hydrogens is 236 g/mol. The van der Waals surface area contributed by atoms with E-state index in [2.05, 4.69) is 26.1 Å². The molecule has 1 atom stereocenters. The Bertz CT molecular complexity index is 309. The number of nitrogens with two attached hydrogens (primary N) is 1. The Balaban J connectivity index is 1.78. The van der Waals surface area contributed by atoms with E-state index in [9.17, 15) is 4.79 Å². The molecule has 0 heterocycles. The standard InChI is InChI=1S/C16H30N2O/c1-16(2,3)13-8-6-12(7-9-13)15(19)18-14(10-17)11-4-5-11/h11-14H,4-10,17H2,1-3H3,(H,18,19). The Hall–Kier alpha value is -0.570. The van der Waals surface area contributed by atoms with E-state index in [1.165, 1.54) is 25.7 Å². The van der Waals surface area contributed by atoms with E-state index in [1.807, 2.05) is 0 Å². The van der Waals surface area contributed by atoms with Gasteiger partial charge < -0.3 is 11.1 Å². The molecule has 0 aliphatic heterocycles. The Morgan fingerprint density at radius 2 is 1.74 bits per heavy atom. The summed E-state index contributed by atoms with van der Waals surface area (Å²) in [4.78, 5) is 12.3. The second kappa shape index (κ2) is 5.82. The molecule has 2 fully saturated rings. The maximum absolute atomic E-state index is 12.3. The minimum Gasteiger partial charge on any atom is -0.352 e. The van der Waals surface area contributed by atoms with Crippen LogP contribution in [0, 0.1) is 23.2 Å². The first-order chi connectivity index (χ1) is 8.91. The third-order valence-electron chi connectivity index (χ3n) is 5.10. The molecule has 0 spiro atoms. The van der Waals surface area contributed by atoms with E-state index >= 15 is 0 Å². The van der Waals surface area contributed by atoms with Crippen LogP contribution in [0.25, 0.3) is 0 Å². The third kappa shape index (κ3) is 3.95. The number of hydrogen-bond acceptors (Lipinski definition) is 2. The molecule has 1 amide bonds. The van der Waals surface area contributed by atoms with E-state index in [4.69, 9.17) is 5.73 Å². The van der Waals surface area contributed by atoms with E-state index in [0.29, 0.717) is 17.9 Å². The first-order valence-electron chi connectivity index (χ1n) is 7.92. The predicted octanol–water partition coefficient (Wildman–Crippen LogP) is 2.69. The summed E-state index contributed by atoms with van der Waals surface area (Å²) >= 11 is 0. The second-order valence-electron chi connectivity index (χ2n) is 7.60.